The van der Waals surface area contributed by atoms with E-state index < -0.39 is 23.5 Å². The molecule has 5 rings (SSSR count). The van der Waals surface area contributed by atoms with E-state index in [0.29, 0.717) is 54.6 Å². The standard InChI is InChI=1S/C29H32F2N4O4/c1-29(2)12-23-26(27-20(31)10-16(30)11-22(27)35(23)24(36)13-29)15-3-8-19(28(33)38)21(9-15)34-17-4-6-18(7-5-17)39-25(37)14-32/h3,8-11,17-18,34H,4-7,12-14,32H2,1-2H3,(H2,33,38)/t17-,18-. The molecule has 0 atom stereocenters. The zero-order chi connectivity index (χ0) is 28.1. The van der Waals surface area contributed by atoms with Crippen molar-refractivity contribution in [2.24, 2.45) is 16.9 Å². The number of benzene rings is 2. The molecule has 1 aliphatic heterocycles. The fraction of sp³-hybridized carbons (Fsp3) is 0.414. The summed E-state index contributed by atoms with van der Waals surface area (Å²) in [6, 6.07) is 7.00. The summed E-state index contributed by atoms with van der Waals surface area (Å²) in [6.07, 6.45) is 3.18. The van der Waals surface area contributed by atoms with E-state index in [-0.39, 0.29) is 52.9 Å². The fourth-order valence-electron chi connectivity index (χ4n) is 5.97. The molecule has 0 saturated heterocycles. The third-order valence-corrected chi connectivity index (χ3v) is 7.68. The molecule has 5 N–H and O–H groups in total. The first-order valence-corrected chi connectivity index (χ1v) is 13.1. The molecule has 39 heavy (non-hydrogen) atoms. The van der Waals surface area contributed by atoms with Crippen LogP contribution in [0.1, 0.15) is 66.8 Å². The molecule has 1 aromatic heterocycles. The van der Waals surface area contributed by atoms with Crippen molar-refractivity contribution in [2.75, 3.05) is 11.9 Å². The van der Waals surface area contributed by atoms with Crippen LogP contribution in [-0.4, -0.2) is 41.0 Å². The largest absolute Gasteiger partial charge is 0.461 e. The van der Waals surface area contributed by atoms with Gasteiger partial charge in [0.1, 0.15) is 17.7 Å². The van der Waals surface area contributed by atoms with Gasteiger partial charge in [-0.1, -0.05) is 19.9 Å². The maximum atomic E-state index is 15.3. The first kappa shape index (κ1) is 26.8. The Bertz CT molecular complexity index is 1490. The van der Waals surface area contributed by atoms with Crippen LogP contribution < -0.4 is 16.8 Å². The number of amides is 1. The smallest absolute Gasteiger partial charge is 0.319 e. The van der Waals surface area contributed by atoms with Crippen LogP contribution in [-0.2, 0) is 16.0 Å². The van der Waals surface area contributed by atoms with Crippen molar-refractivity contribution in [3.05, 3.63) is 53.2 Å². The van der Waals surface area contributed by atoms with Crippen molar-refractivity contribution in [2.45, 2.75) is 64.5 Å². The number of hydrogen-bond donors (Lipinski definition) is 3. The molecule has 2 aliphatic rings. The number of nitrogens with two attached hydrogens (primary N) is 2. The number of esters is 1. The quantitative estimate of drug-likeness (QED) is 0.396. The molecule has 1 saturated carbocycles. The summed E-state index contributed by atoms with van der Waals surface area (Å²) in [5.41, 5.74) is 13.3. The van der Waals surface area contributed by atoms with Gasteiger partial charge in [0.25, 0.3) is 5.91 Å². The van der Waals surface area contributed by atoms with Gasteiger partial charge in [-0.25, -0.2) is 8.78 Å². The van der Waals surface area contributed by atoms with Crippen molar-refractivity contribution >= 4 is 34.4 Å². The lowest BCUT2D eigenvalue weighted by Gasteiger charge is -2.31. The molecular formula is C29H32F2N4O4. The molecule has 2 heterocycles. The number of hydrogen-bond acceptors (Lipinski definition) is 6. The molecular weight excluding hydrogens is 506 g/mol. The van der Waals surface area contributed by atoms with Gasteiger partial charge >= 0.3 is 5.97 Å². The summed E-state index contributed by atoms with van der Waals surface area (Å²) >= 11 is 0. The van der Waals surface area contributed by atoms with Gasteiger partial charge in [0.2, 0.25) is 5.91 Å². The predicted molar refractivity (Wildman–Crippen MR) is 143 cm³/mol. The highest BCUT2D eigenvalue weighted by Gasteiger charge is 2.36. The molecule has 1 aliphatic carbocycles. The fourth-order valence-corrected chi connectivity index (χ4v) is 5.97. The third kappa shape index (κ3) is 5.13. The number of aromatic nitrogens is 1. The zero-order valence-corrected chi connectivity index (χ0v) is 22.0. The van der Waals surface area contributed by atoms with Gasteiger partial charge in [-0.05, 0) is 61.3 Å². The molecule has 3 aromatic rings. The Hall–Kier alpha value is -3.79. The van der Waals surface area contributed by atoms with Gasteiger partial charge in [0.05, 0.1) is 17.6 Å². The highest BCUT2D eigenvalue weighted by atomic mass is 19.1. The van der Waals surface area contributed by atoms with Crippen molar-refractivity contribution < 1.29 is 27.9 Å². The third-order valence-electron chi connectivity index (χ3n) is 7.68. The van der Waals surface area contributed by atoms with E-state index in [0.717, 1.165) is 6.07 Å². The number of nitrogens with one attached hydrogen (secondary N) is 1. The molecule has 2 aromatic carbocycles. The van der Waals surface area contributed by atoms with Crippen molar-refractivity contribution in [1.29, 1.82) is 0 Å². The summed E-state index contributed by atoms with van der Waals surface area (Å²) < 4.78 is 36.4. The van der Waals surface area contributed by atoms with Gasteiger partial charge < -0.3 is 21.5 Å². The van der Waals surface area contributed by atoms with Gasteiger partial charge in [-0.3, -0.25) is 19.0 Å². The van der Waals surface area contributed by atoms with Crippen LogP contribution in [0.5, 0.6) is 0 Å². The Morgan fingerprint density at radius 3 is 2.49 bits per heavy atom. The minimum absolute atomic E-state index is 0.0165. The van der Waals surface area contributed by atoms with E-state index in [1.807, 2.05) is 13.8 Å². The molecule has 0 radical (unpaired) electrons. The van der Waals surface area contributed by atoms with Crippen LogP contribution in [0.3, 0.4) is 0 Å². The van der Waals surface area contributed by atoms with Gasteiger partial charge in [-0.15, -0.1) is 0 Å². The lowest BCUT2D eigenvalue weighted by atomic mass is 9.80. The Balaban J connectivity index is 1.56. The molecule has 0 bridgehead atoms. The first-order valence-electron chi connectivity index (χ1n) is 13.1. The van der Waals surface area contributed by atoms with Crippen LogP contribution in [0.25, 0.3) is 22.0 Å². The average molecular weight is 539 g/mol. The highest BCUT2D eigenvalue weighted by molar-refractivity contribution is 6.06. The monoisotopic (exact) mass is 538 g/mol. The number of nitrogens with zero attached hydrogens (tertiary/aromatic N) is 1. The number of fused-ring (bicyclic) bond motifs is 3. The molecule has 0 unspecified atom stereocenters. The number of primary amides is 1. The zero-order valence-electron chi connectivity index (χ0n) is 22.0. The van der Waals surface area contributed by atoms with Gasteiger partial charge in [0.15, 0.2) is 0 Å². The molecule has 1 amide bonds. The van der Waals surface area contributed by atoms with Crippen LogP contribution in [0.2, 0.25) is 0 Å². The summed E-state index contributed by atoms with van der Waals surface area (Å²) in [5, 5.41) is 3.57. The topological polar surface area (TPSA) is 129 Å². The Labute approximate surface area is 224 Å². The van der Waals surface area contributed by atoms with Crippen LogP contribution in [0, 0.1) is 17.0 Å². The SMILES string of the molecule is CC1(C)CC(=O)n2c(c(-c3ccc(C(N)=O)c(N[C@H]4CC[C@H](OC(=O)CN)CC4)c3)c3c(F)cc(F)cc32)C1. The second-order valence-corrected chi connectivity index (χ2v) is 11.3. The Morgan fingerprint density at radius 2 is 1.82 bits per heavy atom. The summed E-state index contributed by atoms with van der Waals surface area (Å²) in [5.74, 6) is -2.80. The number of anilines is 1. The number of carbonyl (C=O) groups is 3. The van der Waals surface area contributed by atoms with E-state index in [9.17, 15) is 18.8 Å². The van der Waals surface area contributed by atoms with Crippen LogP contribution >= 0.6 is 0 Å². The normalized spacial score (nSPS) is 20.5. The summed E-state index contributed by atoms with van der Waals surface area (Å²) in [7, 11) is 0. The molecule has 0 spiro atoms. The first-order chi connectivity index (χ1) is 18.5. The lowest BCUT2D eigenvalue weighted by Crippen LogP contribution is -2.33. The van der Waals surface area contributed by atoms with E-state index in [1.165, 1.54) is 10.6 Å². The summed E-state index contributed by atoms with van der Waals surface area (Å²) in [4.78, 5) is 37.0. The van der Waals surface area contributed by atoms with E-state index in [2.05, 4.69) is 5.32 Å². The molecule has 10 heteroatoms. The molecule has 1 fully saturated rings. The van der Waals surface area contributed by atoms with Crippen molar-refractivity contribution in [3.8, 4) is 11.1 Å². The minimum atomic E-state index is -0.760. The van der Waals surface area contributed by atoms with E-state index >= 15 is 4.39 Å². The van der Waals surface area contributed by atoms with Crippen molar-refractivity contribution in [1.82, 2.24) is 4.57 Å². The second-order valence-electron chi connectivity index (χ2n) is 11.3. The maximum absolute atomic E-state index is 15.3. The van der Waals surface area contributed by atoms with Crippen LogP contribution in [0.15, 0.2) is 30.3 Å². The highest BCUT2D eigenvalue weighted by Crippen LogP contribution is 2.44. The van der Waals surface area contributed by atoms with Crippen molar-refractivity contribution in [3.63, 3.8) is 0 Å². The van der Waals surface area contributed by atoms with E-state index in [4.69, 9.17) is 16.2 Å². The number of halogens is 2. The molecule has 8 nitrogen and oxygen atoms in total. The second kappa shape index (κ2) is 10.1. The van der Waals surface area contributed by atoms with Gasteiger partial charge in [-0.2, -0.15) is 0 Å². The minimum Gasteiger partial charge on any atom is -0.461 e. The molecule has 206 valence electrons. The predicted octanol–water partition coefficient (Wildman–Crippen LogP) is 4.52. The van der Waals surface area contributed by atoms with Crippen LogP contribution in [0.4, 0.5) is 14.5 Å². The average Bonchev–Trinajstić information content (AvgIpc) is 3.18. The Morgan fingerprint density at radius 1 is 1.10 bits per heavy atom. The Kier molecular flexibility index (Phi) is 6.92. The lowest BCUT2D eigenvalue weighted by molar-refractivity contribution is -0.148. The number of carbonyl (C=O) groups excluding carboxylic acids is 3. The number of ether oxygens (including phenoxy) is 1. The summed E-state index contributed by atoms with van der Waals surface area (Å²) in [6.45, 7) is 3.77. The maximum Gasteiger partial charge on any atom is 0.319 e. The number of rotatable bonds is 6. The van der Waals surface area contributed by atoms with Gasteiger partial charge in [0, 0.05) is 40.9 Å². The van der Waals surface area contributed by atoms with E-state index in [1.54, 1.807) is 18.2 Å².